The lowest BCUT2D eigenvalue weighted by atomic mass is 10.1. The smallest absolute Gasteiger partial charge is 0.129 e. The van der Waals surface area contributed by atoms with Crippen molar-refractivity contribution in [2.45, 2.75) is 6.54 Å². The Kier molecular flexibility index (Phi) is 5.72. The van der Waals surface area contributed by atoms with Crippen molar-refractivity contribution in [3.63, 3.8) is 0 Å². The van der Waals surface area contributed by atoms with Gasteiger partial charge in [0.1, 0.15) is 5.82 Å². The van der Waals surface area contributed by atoms with Crippen molar-refractivity contribution in [2.75, 3.05) is 38.8 Å². The number of nitrogens with one attached hydrogen (secondary N) is 1. The number of hydrogen-bond donors (Lipinski definition) is 1. The first kappa shape index (κ1) is 15.5. The van der Waals surface area contributed by atoms with Gasteiger partial charge in [-0.25, -0.2) is 4.98 Å². The molecule has 4 heteroatoms. The van der Waals surface area contributed by atoms with Gasteiger partial charge in [0.15, 0.2) is 0 Å². The van der Waals surface area contributed by atoms with E-state index in [0.717, 1.165) is 31.0 Å². The zero-order valence-corrected chi connectivity index (χ0v) is 12.8. The number of para-hydroxylation sites is 1. The summed E-state index contributed by atoms with van der Waals surface area (Å²) in [4.78, 5) is 6.97. The van der Waals surface area contributed by atoms with Gasteiger partial charge in [-0.05, 0) is 24.7 Å². The average molecular weight is 285 g/mol. The first-order chi connectivity index (χ1) is 10.3. The second kappa shape index (κ2) is 7.76. The molecule has 1 aromatic heterocycles. The first-order valence-corrected chi connectivity index (χ1v) is 7.18. The standard InChI is InChI=1S/C17H23N3O/c1-4-9-20(10-11-21-3)17-12-14(13-18-2)15-7-5-6-8-16(15)19-17/h4-8,12,18H,1,9-11,13H2,2-3H3. The normalized spacial score (nSPS) is 10.8. The molecule has 0 fully saturated rings. The summed E-state index contributed by atoms with van der Waals surface area (Å²) in [7, 11) is 3.67. The summed E-state index contributed by atoms with van der Waals surface area (Å²) in [6.45, 7) is 6.88. The van der Waals surface area contributed by atoms with Crippen molar-refractivity contribution < 1.29 is 4.74 Å². The molecule has 1 N–H and O–H groups in total. The van der Waals surface area contributed by atoms with Gasteiger partial charge in [0.2, 0.25) is 0 Å². The molecule has 0 bridgehead atoms. The molecule has 0 amide bonds. The van der Waals surface area contributed by atoms with Crippen LogP contribution in [-0.4, -0.2) is 38.8 Å². The lowest BCUT2D eigenvalue weighted by Crippen LogP contribution is -2.28. The number of aromatic nitrogens is 1. The van der Waals surface area contributed by atoms with Gasteiger partial charge in [-0.1, -0.05) is 24.3 Å². The minimum absolute atomic E-state index is 0.670. The zero-order chi connectivity index (χ0) is 15.1. The monoisotopic (exact) mass is 285 g/mol. The topological polar surface area (TPSA) is 37.4 Å². The van der Waals surface area contributed by atoms with Crippen LogP contribution in [0.5, 0.6) is 0 Å². The van der Waals surface area contributed by atoms with Crippen molar-refractivity contribution >= 4 is 16.7 Å². The zero-order valence-electron chi connectivity index (χ0n) is 12.8. The molecule has 0 aliphatic rings. The molecule has 0 saturated heterocycles. The van der Waals surface area contributed by atoms with E-state index in [4.69, 9.17) is 9.72 Å². The molecule has 0 aliphatic carbocycles. The van der Waals surface area contributed by atoms with Crippen molar-refractivity contribution in [2.24, 2.45) is 0 Å². The maximum Gasteiger partial charge on any atom is 0.129 e. The quantitative estimate of drug-likeness (QED) is 0.757. The molecule has 21 heavy (non-hydrogen) atoms. The fourth-order valence-electron chi connectivity index (χ4n) is 2.39. The molecular formula is C17H23N3O. The maximum absolute atomic E-state index is 5.19. The highest BCUT2D eigenvalue weighted by atomic mass is 16.5. The van der Waals surface area contributed by atoms with E-state index in [-0.39, 0.29) is 0 Å². The summed E-state index contributed by atoms with van der Waals surface area (Å²) in [6, 6.07) is 10.4. The summed E-state index contributed by atoms with van der Waals surface area (Å²) in [5.41, 5.74) is 2.27. The van der Waals surface area contributed by atoms with Gasteiger partial charge < -0.3 is 15.0 Å². The number of methoxy groups -OCH3 is 1. The summed E-state index contributed by atoms with van der Waals surface area (Å²) >= 11 is 0. The van der Waals surface area contributed by atoms with Crippen LogP contribution in [0.4, 0.5) is 5.82 Å². The lowest BCUT2D eigenvalue weighted by Gasteiger charge is -2.23. The molecule has 1 aromatic carbocycles. The van der Waals surface area contributed by atoms with Crippen molar-refractivity contribution in [1.29, 1.82) is 0 Å². The largest absolute Gasteiger partial charge is 0.383 e. The summed E-state index contributed by atoms with van der Waals surface area (Å²) in [6.07, 6.45) is 1.89. The number of ether oxygens (including phenoxy) is 1. The van der Waals surface area contributed by atoms with Gasteiger partial charge in [-0.15, -0.1) is 6.58 Å². The Bertz CT molecular complexity index is 598. The Morgan fingerprint density at radius 2 is 2.19 bits per heavy atom. The van der Waals surface area contributed by atoms with E-state index >= 15 is 0 Å². The van der Waals surface area contributed by atoms with Crippen LogP contribution in [0.3, 0.4) is 0 Å². The molecule has 4 nitrogen and oxygen atoms in total. The van der Waals surface area contributed by atoms with E-state index in [0.29, 0.717) is 6.61 Å². The predicted octanol–water partition coefficient (Wildman–Crippen LogP) is 2.59. The van der Waals surface area contributed by atoms with Crippen LogP contribution in [0.15, 0.2) is 43.0 Å². The SMILES string of the molecule is C=CCN(CCOC)c1cc(CNC)c2ccccc2n1. The molecule has 0 aliphatic heterocycles. The van der Waals surface area contributed by atoms with Crippen LogP contribution >= 0.6 is 0 Å². The molecular weight excluding hydrogens is 262 g/mol. The number of anilines is 1. The minimum atomic E-state index is 0.670. The van der Waals surface area contributed by atoms with Crippen LogP contribution in [0, 0.1) is 0 Å². The molecule has 2 rings (SSSR count). The Morgan fingerprint density at radius 1 is 1.38 bits per heavy atom. The molecule has 112 valence electrons. The Labute approximate surface area is 126 Å². The van der Waals surface area contributed by atoms with E-state index in [2.05, 4.69) is 41.1 Å². The van der Waals surface area contributed by atoms with Crippen LogP contribution < -0.4 is 10.2 Å². The highest BCUT2D eigenvalue weighted by Crippen LogP contribution is 2.23. The summed E-state index contributed by atoms with van der Waals surface area (Å²) < 4.78 is 5.19. The fourth-order valence-corrected chi connectivity index (χ4v) is 2.39. The van der Waals surface area contributed by atoms with Gasteiger partial charge in [-0.2, -0.15) is 0 Å². The molecule has 0 radical (unpaired) electrons. The number of pyridine rings is 1. The number of fused-ring (bicyclic) bond motifs is 1. The average Bonchev–Trinajstić information content (AvgIpc) is 2.51. The van der Waals surface area contributed by atoms with Crippen LogP contribution in [0.2, 0.25) is 0 Å². The molecule has 1 heterocycles. The maximum atomic E-state index is 5.19. The van der Waals surface area contributed by atoms with E-state index in [1.807, 2.05) is 19.2 Å². The third kappa shape index (κ3) is 3.80. The molecule has 0 saturated carbocycles. The van der Waals surface area contributed by atoms with Gasteiger partial charge in [0.25, 0.3) is 0 Å². The third-order valence-corrected chi connectivity index (χ3v) is 3.39. The van der Waals surface area contributed by atoms with E-state index in [9.17, 15) is 0 Å². The number of rotatable bonds is 8. The van der Waals surface area contributed by atoms with Crippen molar-refractivity contribution in [3.8, 4) is 0 Å². The van der Waals surface area contributed by atoms with Crippen LogP contribution in [0.25, 0.3) is 10.9 Å². The summed E-state index contributed by atoms with van der Waals surface area (Å²) in [5, 5.41) is 4.42. The van der Waals surface area contributed by atoms with E-state index < -0.39 is 0 Å². The molecule has 0 atom stereocenters. The Morgan fingerprint density at radius 3 is 2.90 bits per heavy atom. The van der Waals surface area contributed by atoms with E-state index in [1.165, 1.54) is 10.9 Å². The van der Waals surface area contributed by atoms with Crippen molar-refractivity contribution in [3.05, 3.63) is 48.6 Å². The number of hydrogen-bond acceptors (Lipinski definition) is 4. The highest BCUT2D eigenvalue weighted by Gasteiger charge is 2.10. The van der Waals surface area contributed by atoms with Gasteiger partial charge >= 0.3 is 0 Å². The third-order valence-electron chi connectivity index (χ3n) is 3.39. The Balaban J connectivity index is 2.43. The van der Waals surface area contributed by atoms with Crippen molar-refractivity contribution in [1.82, 2.24) is 10.3 Å². The fraction of sp³-hybridized carbons (Fsp3) is 0.353. The lowest BCUT2D eigenvalue weighted by molar-refractivity contribution is 0.205. The Hall–Kier alpha value is -1.91. The minimum Gasteiger partial charge on any atom is -0.383 e. The summed E-state index contributed by atoms with van der Waals surface area (Å²) in [5.74, 6) is 0.968. The predicted molar refractivity (Wildman–Crippen MR) is 88.8 cm³/mol. The van der Waals surface area contributed by atoms with Gasteiger partial charge in [0.05, 0.1) is 12.1 Å². The number of benzene rings is 1. The molecule has 0 unspecified atom stereocenters. The van der Waals surface area contributed by atoms with Gasteiger partial charge in [0, 0.05) is 32.1 Å². The molecule has 2 aromatic rings. The van der Waals surface area contributed by atoms with E-state index in [1.54, 1.807) is 7.11 Å². The molecule has 0 spiro atoms. The van der Waals surface area contributed by atoms with Crippen LogP contribution in [-0.2, 0) is 11.3 Å². The first-order valence-electron chi connectivity index (χ1n) is 7.18. The second-order valence-electron chi connectivity index (χ2n) is 4.91. The second-order valence-corrected chi connectivity index (χ2v) is 4.91. The van der Waals surface area contributed by atoms with Crippen LogP contribution in [0.1, 0.15) is 5.56 Å². The number of nitrogens with zero attached hydrogens (tertiary/aromatic N) is 2. The highest BCUT2D eigenvalue weighted by molar-refractivity contribution is 5.84. The van der Waals surface area contributed by atoms with Gasteiger partial charge in [-0.3, -0.25) is 0 Å².